The van der Waals surface area contributed by atoms with Crippen LogP contribution in [0.3, 0.4) is 0 Å². The number of esters is 1. The molecule has 3 aromatic rings. The molecule has 0 aliphatic carbocycles. The van der Waals surface area contributed by atoms with Gasteiger partial charge in [0, 0.05) is 12.3 Å². The normalized spacial score (nSPS) is 11.7. The van der Waals surface area contributed by atoms with Crippen molar-refractivity contribution in [2.75, 3.05) is 0 Å². The minimum absolute atomic E-state index is 0.115. The van der Waals surface area contributed by atoms with Crippen LogP contribution < -0.4 is 5.32 Å². The molecule has 0 fully saturated rings. The molecule has 0 aliphatic rings. The fourth-order valence-corrected chi connectivity index (χ4v) is 3.07. The summed E-state index contributed by atoms with van der Waals surface area (Å²) < 4.78 is 6.72. The van der Waals surface area contributed by atoms with Crippen LogP contribution in [0.25, 0.3) is 5.69 Å². The van der Waals surface area contributed by atoms with Gasteiger partial charge in [0.25, 0.3) is 11.6 Å². The summed E-state index contributed by atoms with van der Waals surface area (Å²) in [5.74, 6) is -1.14. The molecule has 1 amide bonds. The lowest BCUT2D eigenvalue weighted by Crippen LogP contribution is -2.32. The first-order valence-electron chi connectivity index (χ1n) is 9.70. The number of nitro benzene ring substituents is 1. The molecule has 0 aliphatic heterocycles. The molecule has 1 N–H and O–H groups in total. The number of carbonyl (C=O) groups excluding carboxylic acids is 2. The molecule has 31 heavy (non-hydrogen) atoms. The first-order chi connectivity index (χ1) is 14.8. The molecule has 160 valence electrons. The van der Waals surface area contributed by atoms with Crippen LogP contribution in [0.5, 0.6) is 0 Å². The number of carbonyl (C=O) groups is 2. The maximum absolute atomic E-state index is 12.8. The van der Waals surface area contributed by atoms with Crippen LogP contribution in [0.4, 0.5) is 5.69 Å². The van der Waals surface area contributed by atoms with E-state index < -0.39 is 22.8 Å². The van der Waals surface area contributed by atoms with Crippen LogP contribution in [-0.4, -0.2) is 32.7 Å². The van der Waals surface area contributed by atoms with E-state index in [1.807, 2.05) is 30.3 Å². The summed E-state index contributed by atoms with van der Waals surface area (Å²) in [5, 5.41) is 18.4. The SMILES string of the molecule is CC(C)OC(=O)CC(NC(=O)c1ccn(-c2ccccc2)n1)c1ccccc1[N+](=O)[O-]. The molecular formula is C22H22N4O5. The first kappa shape index (κ1) is 21.7. The molecule has 1 heterocycles. The van der Waals surface area contributed by atoms with E-state index in [1.165, 1.54) is 24.3 Å². The number of para-hydroxylation sites is 2. The van der Waals surface area contributed by atoms with E-state index in [1.54, 1.807) is 30.8 Å². The second-order valence-corrected chi connectivity index (χ2v) is 7.07. The van der Waals surface area contributed by atoms with Crippen molar-refractivity contribution in [2.24, 2.45) is 0 Å². The van der Waals surface area contributed by atoms with Gasteiger partial charge in [-0.1, -0.05) is 36.4 Å². The highest BCUT2D eigenvalue weighted by molar-refractivity contribution is 5.93. The van der Waals surface area contributed by atoms with E-state index in [-0.39, 0.29) is 29.5 Å². The van der Waals surface area contributed by atoms with Gasteiger partial charge in [-0.05, 0) is 32.0 Å². The average molecular weight is 422 g/mol. The topological polar surface area (TPSA) is 116 Å². The smallest absolute Gasteiger partial charge is 0.308 e. The summed E-state index contributed by atoms with van der Waals surface area (Å²) >= 11 is 0. The number of aromatic nitrogens is 2. The Morgan fingerprint density at radius 2 is 1.77 bits per heavy atom. The number of hydrogen-bond acceptors (Lipinski definition) is 6. The van der Waals surface area contributed by atoms with Crippen molar-refractivity contribution in [3.63, 3.8) is 0 Å². The van der Waals surface area contributed by atoms with Crippen molar-refractivity contribution in [1.82, 2.24) is 15.1 Å². The summed E-state index contributed by atoms with van der Waals surface area (Å²) in [6.45, 7) is 3.40. The Hall–Kier alpha value is -4.01. The Morgan fingerprint density at radius 1 is 1.10 bits per heavy atom. The Bertz CT molecular complexity index is 1080. The number of benzene rings is 2. The van der Waals surface area contributed by atoms with E-state index in [9.17, 15) is 19.7 Å². The number of hydrogen-bond donors (Lipinski definition) is 1. The Balaban J connectivity index is 1.86. The predicted molar refractivity (Wildman–Crippen MR) is 113 cm³/mol. The van der Waals surface area contributed by atoms with Crippen molar-refractivity contribution in [2.45, 2.75) is 32.4 Å². The zero-order chi connectivity index (χ0) is 22.4. The molecular weight excluding hydrogens is 400 g/mol. The molecule has 3 rings (SSSR count). The average Bonchev–Trinajstić information content (AvgIpc) is 3.24. The Morgan fingerprint density at radius 3 is 2.45 bits per heavy atom. The van der Waals surface area contributed by atoms with Crippen molar-refractivity contribution in [1.29, 1.82) is 0 Å². The van der Waals surface area contributed by atoms with Crippen LogP contribution >= 0.6 is 0 Å². The van der Waals surface area contributed by atoms with Crippen LogP contribution in [0.1, 0.15) is 42.4 Å². The van der Waals surface area contributed by atoms with Gasteiger partial charge in [-0.15, -0.1) is 0 Å². The van der Waals surface area contributed by atoms with Crippen molar-refractivity contribution in [3.8, 4) is 5.69 Å². The van der Waals surface area contributed by atoms with Gasteiger partial charge in [0.2, 0.25) is 0 Å². The second kappa shape index (κ2) is 9.66. The van der Waals surface area contributed by atoms with E-state index in [0.717, 1.165) is 5.69 Å². The Labute approximate surface area is 178 Å². The minimum Gasteiger partial charge on any atom is -0.463 e. The highest BCUT2D eigenvalue weighted by Crippen LogP contribution is 2.28. The molecule has 0 radical (unpaired) electrons. The number of ether oxygens (including phenoxy) is 1. The largest absolute Gasteiger partial charge is 0.463 e. The molecule has 9 nitrogen and oxygen atoms in total. The quantitative estimate of drug-likeness (QED) is 0.337. The third-order valence-electron chi connectivity index (χ3n) is 4.39. The molecule has 1 unspecified atom stereocenters. The van der Waals surface area contributed by atoms with Gasteiger partial charge in [0.05, 0.1) is 34.7 Å². The first-order valence-corrected chi connectivity index (χ1v) is 9.70. The zero-order valence-electron chi connectivity index (χ0n) is 17.1. The molecule has 1 atom stereocenters. The van der Waals surface area contributed by atoms with Gasteiger partial charge < -0.3 is 10.1 Å². The molecule has 0 spiro atoms. The van der Waals surface area contributed by atoms with Crippen molar-refractivity contribution in [3.05, 3.63) is 88.2 Å². The maximum atomic E-state index is 12.8. The summed E-state index contributed by atoms with van der Waals surface area (Å²) in [4.78, 5) is 36.0. The number of nitro groups is 1. The van der Waals surface area contributed by atoms with Crippen LogP contribution in [0, 0.1) is 10.1 Å². The third kappa shape index (κ3) is 5.53. The monoisotopic (exact) mass is 422 g/mol. The van der Waals surface area contributed by atoms with Crippen LogP contribution in [0.2, 0.25) is 0 Å². The van der Waals surface area contributed by atoms with Gasteiger partial charge in [-0.2, -0.15) is 5.10 Å². The lowest BCUT2D eigenvalue weighted by molar-refractivity contribution is -0.385. The fraction of sp³-hybridized carbons (Fsp3) is 0.227. The number of amides is 1. The van der Waals surface area contributed by atoms with Gasteiger partial charge in [0.1, 0.15) is 0 Å². The lowest BCUT2D eigenvalue weighted by Gasteiger charge is -2.19. The standard InChI is InChI=1S/C22H22N4O5/c1-15(2)31-21(27)14-19(17-10-6-7-11-20(17)26(29)30)23-22(28)18-12-13-25(24-18)16-8-4-3-5-9-16/h3-13,15,19H,14H2,1-2H3,(H,23,28). The Kier molecular flexibility index (Phi) is 6.76. The fourth-order valence-electron chi connectivity index (χ4n) is 3.07. The van der Waals surface area contributed by atoms with E-state index in [0.29, 0.717) is 0 Å². The summed E-state index contributed by atoms with van der Waals surface area (Å²) in [6.07, 6.45) is 1.03. The van der Waals surface area contributed by atoms with Gasteiger partial charge >= 0.3 is 5.97 Å². The van der Waals surface area contributed by atoms with Crippen molar-refractivity contribution >= 4 is 17.6 Å². The second-order valence-electron chi connectivity index (χ2n) is 7.07. The van der Waals surface area contributed by atoms with E-state index in [2.05, 4.69) is 10.4 Å². The molecule has 1 aromatic heterocycles. The molecule has 2 aromatic carbocycles. The van der Waals surface area contributed by atoms with Crippen LogP contribution in [-0.2, 0) is 9.53 Å². The number of rotatable bonds is 8. The molecule has 9 heteroatoms. The molecule has 0 saturated heterocycles. The van der Waals surface area contributed by atoms with E-state index in [4.69, 9.17) is 4.74 Å². The maximum Gasteiger partial charge on any atom is 0.308 e. The van der Waals surface area contributed by atoms with Crippen LogP contribution in [0.15, 0.2) is 66.9 Å². The summed E-state index contributed by atoms with van der Waals surface area (Å²) in [6, 6.07) is 15.8. The summed E-state index contributed by atoms with van der Waals surface area (Å²) in [5.41, 5.74) is 0.908. The lowest BCUT2D eigenvalue weighted by atomic mass is 10.0. The third-order valence-corrected chi connectivity index (χ3v) is 4.39. The highest BCUT2D eigenvalue weighted by Gasteiger charge is 2.27. The van der Waals surface area contributed by atoms with Gasteiger partial charge in [-0.3, -0.25) is 19.7 Å². The molecule has 0 saturated carbocycles. The van der Waals surface area contributed by atoms with Gasteiger partial charge in [0.15, 0.2) is 5.69 Å². The van der Waals surface area contributed by atoms with Crippen molar-refractivity contribution < 1.29 is 19.2 Å². The minimum atomic E-state index is -0.956. The zero-order valence-corrected chi connectivity index (χ0v) is 17.1. The summed E-state index contributed by atoms with van der Waals surface area (Å²) in [7, 11) is 0. The van der Waals surface area contributed by atoms with Gasteiger partial charge in [-0.25, -0.2) is 4.68 Å². The van der Waals surface area contributed by atoms with E-state index >= 15 is 0 Å². The highest BCUT2D eigenvalue weighted by atomic mass is 16.6. The predicted octanol–water partition coefficient (Wildman–Crippen LogP) is 3.59. The number of nitrogens with zero attached hydrogens (tertiary/aromatic N) is 3. The molecule has 0 bridgehead atoms. The number of nitrogens with one attached hydrogen (secondary N) is 1.